The SMILES string of the molecule is C/C=C/C(=O)NC(=O)NC(N)=O. The number of urea groups is 2. The summed E-state index contributed by atoms with van der Waals surface area (Å²) in [5.74, 6) is -0.615. The number of nitrogens with two attached hydrogens (primary N) is 1. The first-order valence-corrected chi connectivity index (χ1v) is 3.10. The van der Waals surface area contributed by atoms with Gasteiger partial charge in [0.2, 0.25) is 0 Å². The van der Waals surface area contributed by atoms with E-state index in [4.69, 9.17) is 0 Å². The third kappa shape index (κ3) is 4.98. The van der Waals surface area contributed by atoms with Crippen molar-refractivity contribution in [1.82, 2.24) is 10.6 Å². The maximum atomic E-state index is 10.6. The smallest absolute Gasteiger partial charge is 0.329 e. The van der Waals surface area contributed by atoms with E-state index >= 15 is 0 Å². The van der Waals surface area contributed by atoms with Crippen LogP contribution < -0.4 is 16.4 Å². The Morgan fingerprint density at radius 3 is 2.25 bits per heavy atom. The first kappa shape index (κ1) is 10.2. The summed E-state index contributed by atoms with van der Waals surface area (Å²) in [6.45, 7) is 1.62. The fourth-order valence-electron chi connectivity index (χ4n) is 0.448. The molecule has 0 aromatic rings. The molecule has 0 aromatic heterocycles. The minimum absolute atomic E-state index is 0.615. The molecular formula is C6H9N3O3. The van der Waals surface area contributed by atoms with Gasteiger partial charge >= 0.3 is 12.1 Å². The minimum atomic E-state index is -1.01. The fourth-order valence-corrected chi connectivity index (χ4v) is 0.448. The van der Waals surface area contributed by atoms with Crippen molar-refractivity contribution in [2.24, 2.45) is 5.73 Å². The first-order valence-electron chi connectivity index (χ1n) is 3.10. The van der Waals surface area contributed by atoms with Crippen LogP contribution in [0.3, 0.4) is 0 Å². The summed E-state index contributed by atoms with van der Waals surface area (Å²) in [6, 6.07) is -1.95. The molecule has 0 unspecified atom stereocenters. The standard InChI is InChI=1S/C6H9N3O3/c1-2-3-4(10)8-6(12)9-5(7)11/h2-3H,1H3,(H4,7,8,9,10,11,12)/b3-2+. The average Bonchev–Trinajstić information content (AvgIpc) is 1.84. The second-order valence-electron chi connectivity index (χ2n) is 1.81. The number of amides is 5. The van der Waals surface area contributed by atoms with Crippen LogP contribution in [0.15, 0.2) is 12.2 Å². The van der Waals surface area contributed by atoms with Gasteiger partial charge in [0.15, 0.2) is 0 Å². The number of hydrogen-bond donors (Lipinski definition) is 3. The van der Waals surface area contributed by atoms with Gasteiger partial charge in [-0.15, -0.1) is 0 Å². The molecule has 6 heteroatoms. The normalized spacial score (nSPS) is 9.42. The van der Waals surface area contributed by atoms with E-state index in [9.17, 15) is 14.4 Å². The largest absolute Gasteiger partial charge is 0.351 e. The molecule has 4 N–H and O–H groups in total. The molecule has 0 atom stereocenters. The maximum Gasteiger partial charge on any atom is 0.329 e. The molecule has 0 spiro atoms. The fraction of sp³-hybridized carbons (Fsp3) is 0.167. The Morgan fingerprint density at radius 1 is 1.25 bits per heavy atom. The van der Waals surface area contributed by atoms with Crippen LogP contribution in [0.1, 0.15) is 6.92 Å². The van der Waals surface area contributed by atoms with Crippen LogP contribution in [0.25, 0.3) is 0 Å². The number of allylic oxidation sites excluding steroid dienone is 1. The summed E-state index contributed by atoms with van der Waals surface area (Å²) in [4.78, 5) is 31.3. The Morgan fingerprint density at radius 2 is 1.83 bits per heavy atom. The second kappa shape index (κ2) is 4.89. The number of rotatable bonds is 1. The molecule has 66 valence electrons. The van der Waals surface area contributed by atoms with Crippen molar-refractivity contribution in [3.05, 3.63) is 12.2 Å². The van der Waals surface area contributed by atoms with E-state index in [2.05, 4.69) is 5.73 Å². The van der Waals surface area contributed by atoms with Crippen molar-refractivity contribution in [2.45, 2.75) is 6.92 Å². The van der Waals surface area contributed by atoms with Gasteiger partial charge in [0.1, 0.15) is 0 Å². The molecule has 6 nitrogen and oxygen atoms in total. The van der Waals surface area contributed by atoms with Gasteiger partial charge in [-0.1, -0.05) is 6.08 Å². The summed E-state index contributed by atoms with van der Waals surface area (Å²) in [5.41, 5.74) is 4.60. The highest BCUT2D eigenvalue weighted by molar-refractivity contribution is 6.04. The number of carbonyl (C=O) groups excluding carboxylic acids is 3. The molecule has 0 fully saturated rings. The highest BCUT2D eigenvalue weighted by atomic mass is 16.2. The number of hydrogen-bond acceptors (Lipinski definition) is 3. The molecule has 0 aliphatic rings. The molecule has 0 rings (SSSR count). The molecule has 5 amide bonds. The summed E-state index contributed by atoms with van der Waals surface area (Å²) in [6.07, 6.45) is 2.59. The van der Waals surface area contributed by atoms with E-state index in [0.29, 0.717) is 0 Å². The van der Waals surface area contributed by atoms with E-state index in [-0.39, 0.29) is 0 Å². The third-order valence-corrected chi connectivity index (χ3v) is 0.792. The topological polar surface area (TPSA) is 101 Å². The van der Waals surface area contributed by atoms with E-state index in [1.54, 1.807) is 12.2 Å². The molecule has 0 aliphatic carbocycles. The molecule has 0 aliphatic heterocycles. The zero-order chi connectivity index (χ0) is 9.56. The van der Waals surface area contributed by atoms with Crippen LogP contribution >= 0.6 is 0 Å². The molecule has 0 aromatic carbocycles. The van der Waals surface area contributed by atoms with E-state index in [1.807, 2.05) is 5.32 Å². The maximum absolute atomic E-state index is 10.6. The van der Waals surface area contributed by atoms with Gasteiger partial charge in [-0.3, -0.25) is 15.4 Å². The molecule has 0 heterocycles. The lowest BCUT2D eigenvalue weighted by atomic mass is 10.5. The molecule has 12 heavy (non-hydrogen) atoms. The van der Waals surface area contributed by atoms with Gasteiger partial charge in [-0.2, -0.15) is 0 Å². The second-order valence-corrected chi connectivity index (χ2v) is 1.81. The molecule has 0 saturated heterocycles. The lowest BCUT2D eigenvalue weighted by Crippen LogP contribution is -2.44. The molecule has 0 saturated carbocycles. The van der Waals surface area contributed by atoms with Crippen molar-refractivity contribution in [3.8, 4) is 0 Å². The molecular weight excluding hydrogens is 162 g/mol. The van der Waals surface area contributed by atoms with Crippen LogP contribution in [0.2, 0.25) is 0 Å². The molecule has 0 radical (unpaired) electrons. The van der Waals surface area contributed by atoms with Crippen LogP contribution in [0.5, 0.6) is 0 Å². The van der Waals surface area contributed by atoms with Crippen LogP contribution in [0.4, 0.5) is 9.59 Å². The van der Waals surface area contributed by atoms with Gasteiger partial charge in [0.05, 0.1) is 0 Å². The van der Waals surface area contributed by atoms with E-state index in [0.717, 1.165) is 6.08 Å². The Bertz CT molecular complexity index is 234. The monoisotopic (exact) mass is 171 g/mol. The van der Waals surface area contributed by atoms with Crippen LogP contribution in [-0.2, 0) is 4.79 Å². The van der Waals surface area contributed by atoms with Crippen molar-refractivity contribution in [2.75, 3.05) is 0 Å². The number of primary amides is 1. The summed E-state index contributed by atoms with van der Waals surface area (Å²) in [7, 11) is 0. The van der Waals surface area contributed by atoms with Crippen molar-refractivity contribution in [1.29, 1.82) is 0 Å². The van der Waals surface area contributed by atoms with Gasteiger partial charge in [0, 0.05) is 0 Å². The zero-order valence-electron chi connectivity index (χ0n) is 6.46. The van der Waals surface area contributed by atoms with Crippen LogP contribution in [0, 0.1) is 0 Å². The number of nitrogens with one attached hydrogen (secondary N) is 2. The lowest BCUT2D eigenvalue weighted by molar-refractivity contribution is -0.115. The Kier molecular flexibility index (Phi) is 4.13. The Labute approximate surface area is 68.8 Å². The van der Waals surface area contributed by atoms with Gasteiger partial charge in [-0.25, -0.2) is 9.59 Å². The Balaban J connectivity index is 3.85. The van der Waals surface area contributed by atoms with Gasteiger partial charge in [-0.05, 0) is 13.0 Å². The summed E-state index contributed by atoms with van der Waals surface area (Å²) >= 11 is 0. The highest BCUT2D eigenvalue weighted by Crippen LogP contribution is 1.72. The van der Waals surface area contributed by atoms with Crippen molar-refractivity contribution in [3.63, 3.8) is 0 Å². The number of carbonyl (C=O) groups is 3. The Hall–Kier alpha value is -1.85. The average molecular weight is 171 g/mol. The van der Waals surface area contributed by atoms with Gasteiger partial charge < -0.3 is 5.73 Å². The zero-order valence-corrected chi connectivity index (χ0v) is 6.46. The lowest BCUT2D eigenvalue weighted by Gasteiger charge is -1.98. The van der Waals surface area contributed by atoms with E-state index in [1.165, 1.54) is 6.08 Å². The van der Waals surface area contributed by atoms with Crippen molar-refractivity contribution < 1.29 is 14.4 Å². The van der Waals surface area contributed by atoms with Gasteiger partial charge in [0.25, 0.3) is 5.91 Å². The third-order valence-electron chi connectivity index (χ3n) is 0.792. The van der Waals surface area contributed by atoms with Crippen LogP contribution in [-0.4, -0.2) is 18.0 Å². The predicted molar refractivity (Wildman–Crippen MR) is 41.1 cm³/mol. The highest BCUT2D eigenvalue weighted by Gasteiger charge is 2.04. The quantitative estimate of drug-likeness (QED) is 0.462. The minimum Gasteiger partial charge on any atom is -0.351 e. The summed E-state index contributed by atoms with van der Waals surface area (Å²) < 4.78 is 0. The molecule has 0 bridgehead atoms. The predicted octanol–water partition coefficient (Wildman–Crippen LogP) is -0.533. The van der Waals surface area contributed by atoms with Crippen molar-refractivity contribution >= 4 is 18.0 Å². The number of imide groups is 2. The first-order chi connectivity index (χ1) is 5.56. The van der Waals surface area contributed by atoms with E-state index < -0.39 is 18.0 Å². The summed E-state index contributed by atoms with van der Waals surface area (Å²) in [5, 5.41) is 3.50.